The Morgan fingerprint density at radius 2 is 2.00 bits per heavy atom. The Hall–Kier alpha value is -1.13. The van der Waals surface area contributed by atoms with Crippen molar-refractivity contribution in [3.8, 4) is 17.0 Å². The largest absolute Gasteiger partial charge is 0.497 e. The fraction of sp³-hybridized carbons (Fsp3) is 0.0909. The van der Waals surface area contributed by atoms with E-state index in [1.807, 2.05) is 18.2 Å². The highest BCUT2D eigenvalue weighted by Gasteiger charge is 2.10. The van der Waals surface area contributed by atoms with Crippen molar-refractivity contribution in [1.29, 1.82) is 0 Å². The first-order chi connectivity index (χ1) is 7.72. The zero-order valence-electron chi connectivity index (χ0n) is 8.45. The summed E-state index contributed by atoms with van der Waals surface area (Å²) in [7, 11) is 1.62. The summed E-state index contributed by atoms with van der Waals surface area (Å²) >= 11 is 9.44. The molecule has 0 saturated carbocycles. The molecule has 0 amide bonds. The molecule has 3 nitrogen and oxygen atoms in total. The summed E-state index contributed by atoms with van der Waals surface area (Å²) in [5, 5.41) is 0.372. The minimum Gasteiger partial charge on any atom is -0.497 e. The van der Waals surface area contributed by atoms with Gasteiger partial charge in [0.1, 0.15) is 11.4 Å². The van der Waals surface area contributed by atoms with Crippen molar-refractivity contribution < 1.29 is 4.74 Å². The van der Waals surface area contributed by atoms with Crippen LogP contribution in [0.2, 0.25) is 5.15 Å². The van der Waals surface area contributed by atoms with E-state index < -0.39 is 0 Å². The zero-order chi connectivity index (χ0) is 11.5. The second-order valence-corrected chi connectivity index (χ2v) is 4.25. The predicted octanol–water partition coefficient (Wildman–Crippen LogP) is 3.57. The standard InChI is InChI=1S/C11H8BrClN2O/c1-16-7-2-3-9(12)8(6-7)10-11(13)15-5-4-14-10/h2-6H,1H3. The second kappa shape index (κ2) is 4.80. The third-order valence-electron chi connectivity index (χ3n) is 2.08. The Kier molecular flexibility index (Phi) is 3.41. The van der Waals surface area contributed by atoms with Gasteiger partial charge < -0.3 is 4.74 Å². The van der Waals surface area contributed by atoms with Gasteiger partial charge in [-0.05, 0) is 18.2 Å². The van der Waals surface area contributed by atoms with Crippen molar-refractivity contribution in [1.82, 2.24) is 9.97 Å². The predicted molar refractivity (Wildman–Crippen MR) is 66.7 cm³/mol. The molecule has 1 heterocycles. The molecule has 0 aliphatic heterocycles. The topological polar surface area (TPSA) is 35.0 Å². The molecule has 2 aromatic rings. The summed E-state index contributed by atoms with van der Waals surface area (Å²) in [6, 6.07) is 5.61. The van der Waals surface area contributed by atoms with E-state index in [1.54, 1.807) is 19.5 Å². The molecule has 0 saturated heterocycles. The number of aromatic nitrogens is 2. The lowest BCUT2D eigenvalue weighted by atomic mass is 10.1. The van der Waals surface area contributed by atoms with E-state index in [9.17, 15) is 0 Å². The first-order valence-electron chi connectivity index (χ1n) is 4.53. The lowest BCUT2D eigenvalue weighted by Gasteiger charge is -2.07. The highest BCUT2D eigenvalue weighted by atomic mass is 79.9. The van der Waals surface area contributed by atoms with E-state index in [0.717, 1.165) is 15.8 Å². The van der Waals surface area contributed by atoms with Crippen molar-refractivity contribution in [2.75, 3.05) is 7.11 Å². The van der Waals surface area contributed by atoms with Crippen LogP contribution in [-0.2, 0) is 0 Å². The van der Waals surface area contributed by atoms with Gasteiger partial charge in [-0.15, -0.1) is 0 Å². The van der Waals surface area contributed by atoms with Crippen LogP contribution in [0.3, 0.4) is 0 Å². The molecule has 82 valence electrons. The summed E-state index contributed by atoms with van der Waals surface area (Å²) in [5.41, 5.74) is 1.49. The molecule has 0 fully saturated rings. The number of benzene rings is 1. The van der Waals surface area contributed by atoms with Crippen LogP contribution in [0, 0.1) is 0 Å². The van der Waals surface area contributed by atoms with Crippen LogP contribution in [0.4, 0.5) is 0 Å². The lowest BCUT2D eigenvalue weighted by Crippen LogP contribution is -1.90. The van der Waals surface area contributed by atoms with Gasteiger partial charge in [0.15, 0.2) is 5.15 Å². The maximum absolute atomic E-state index is 5.99. The fourth-order valence-corrected chi connectivity index (χ4v) is 1.96. The molecule has 0 radical (unpaired) electrons. The number of hydrogen-bond donors (Lipinski definition) is 0. The van der Waals surface area contributed by atoms with Crippen molar-refractivity contribution in [3.63, 3.8) is 0 Å². The fourth-order valence-electron chi connectivity index (χ4n) is 1.31. The maximum atomic E-state index is 5.99. The Bertz CT molecular complexity index is 519. The van der Waals surface area contributed by atoms with Gasteiger partial charge in [0.05, 0.1) is 7.11 Å². The molecule has 0 aliphatic carbocycles. The molecular weight excluding hydrogens is 291 g/mol. The summed E-state index contributed by atoms with van der Waals surface area (Å²) in [6.07, 6.45) is 3.16. The summed E-state index contributed by atoms with van der Waals surface area (Å²) in [4.78, 5) is 8.20. The second-order valence-electron chi connectivity index (χ2n) is 3.04. The smallest absolute Gasteiger partial charge is 0.155 e. The van der Waals surface area contributed by atoms with E-state index >= 15 is 0 Å². The van der Waals surface area contributed by atoms with Crippen LogP contribution in [-0.4, -0.2) is 17.1 Å². The van der Waals surface area contributed by atoms with Crippen LogP contribution in [0.15, 0.2) is 35.1 Å². The first-order valence-corrected chi connectivity index (χ1v) is 5.70. The number of rotatable bonds is 2. The molecule has 0 aliphatic rings. The van der Waals surface area contributed by atoms with E-state index in [4.69, 9.17) is 16.3 Å². The molecule has 0 unspecified atom stereocenters. The van der Waals surface area contributed by atoms with Gasteiger partial charge in [-0.1, -0.05) is 27.5 Å². The highest BCUT2D eigenvalue weighted by Crippen LogP contribution is 2.33. The molecule has 1 aromatic heterocycles. The molecule has 2 rings (SSSR count). The molecular formula is C11H8BrClN2O. The average Bonchev–Trinajstić information content (AvgIpc) is 2.31. The molecule has 5 heteroatoms. The van der Waals surface area contributed by atoms with Gasteiger partial charge in [-0.25, -0.2) is 4.98 Å². The third-order valence-corrected chi connectivity index (χ3v) is 3.05. The summed E-state index contributed by atoms with van der Waals surface area (Å²) < 4.78 is 6.06. The zero-order valence-corrected chi connectivity index (χ0v) is 10.8. The van der Waals surface area contributed by atoms with E-state index in [0.29, 0.717) is 10.8 Å². The summed E-state index contributed by atoms with van der Waals surface area (Å²) in [5.74, 6) is 0.750. The minimum absolute atomic E-state index is 0.372. The van der Waals surface area contributed by atoms with Gasteiger partial charge in [0.2, 0.25) is 0 Å². The highest BCUT2D eigenvalue weighted by molar-refractivity contribution is 9.10. The van der Waals surface area contributed by atoms with Crippen LogP contribution in [0.5, 0.6) is 5.75 Å². The van der Waals surface area contributed by atoms with E-state index in [-0.39, 0.29) is 0 Å². The van der Waals surface area contributed by atoms with E-state index in [1.165, 1.54) is 0 Å². The van der Waals surface area contributed by atoms with Crippen LogP contribution in [0.1, 0.15) is 0 Å². The lowest BCUT2D eigenvalue weighted by molar-refractivity contribution is 0.415. The van der Waals surface area contributed by atoms with Crippen molar-refractivity contribution >= 4 is 27.5 Å². The molecule has 0 atom stereocenters. The van der Waals surface area contributed by atoms with Gasteiger partial charge in [0.25, 0.3) is 0 Å². The van der Waals surface area contributed by atoms with Crippen molar-refractivity contribution in [3.05, 3.63) is 40.2 Å². The van der Waals surface area contributed by atoms with Crippen LogP contribution < -0.4 is 4.74 Å². The minimum atomic E-state index is 0.372. The Labute approximate surface area is 107 Å². The molecule has 0 N–H and O–H groups in total. The number of methoxy groups -OCH3 is 1. The Morgan fingerprint density at radius 3 is 2.69 bits per heavy atom. The Balaban J connectivity index is 2.59. The molecule has 0 bridgehead atoms. The van der Waals surface area contributed by atoms with Gasteiger partial charge in [-0.2, -0.15) is 0 Å². The Morgan fingerprint density at radius 1 is 1.25 bits per heavy atom. The molecule has 0 spiro atoms. The van der Waals surface area contributed by atoms with Crippen LogP contribution in [0.25, 0.3) is 11.3 Å². The number of ether oxygens (including phenoxy) is 1. The SMILES string of the molecule is COc1ccc(Br)c(-c2nccnc2Cl)c1. The van der Waals surface area contributed by atoms with Crippen molar-refractivity contribution in [2.24, 2.45) is 0 Å². The normalized spacial score (nSPS) is 10.2. The van der Waals surface area contributed by atoms with Crippen molar-refractivity contribution in [2.45, 2.75) is 0 Å². The molecule has 1 aromatic carbocycles. The number of hydrogen-bond acceptors (Lipinski definition) is 3. The summed E-state index contributed by atoms with van der Waals surface area (Å²) in [6.45, 7) is 0. The number of nitrogens with zero attached hydrogens (tertiary/aromatic N) is 2. The average molecular weight is 300 g/mol. The number of halogens is 2. The van der Waals surface area contributed by atoms with Gasteiger partial charge >= 0.3 is 0 Å². The monoisotopic (exact) mass is 298 g/mol. The van der Waals surface area contributed by atoms with E-state index in [2.05, 4.69) is 25.9 Å². The van der Waals surface area contributed by atoms with Crippen LogP contribution >= 0.6 is 27.5 Å². The maximum Gasteiger partial charge on any atom is 0.155 e. The van der Waals surface area contributed by atoms with Gasteiger partial charge in [0, 0.05) is 22.4 Å². The van der Waals surface area contributed by atoms with Gasteiger partial charge in [-0.3, -0.25) is 4.98 Å². The third kappa shape index (κ3) is 2.18. The quantitative estimate of drug-likeness (QED) is 0.850. The first kappa shape index (κ1) is 11.4. The molecule has 16 heavy (non-hydrogen) atoms.